The zero-order valence-corrected chi connectivity index (χ0v) is 8.46. The van der Waals surface area contributed by atoms with Gasteiger partial charge >= 0.3 is 21.8 Å². The Balaban J connectivity index is -0.00000000500. The van der Waals surface area contributed by atoms with Crippen LogP contribution in [0.15, 0.2) is 0 Å². The van der Waals surface area contributed by atoms with E-state index in [0.717, 1.165) is 0 Å². The molecular weight excluding hydrogens is 161 g/mol. The zero-order valence-electron chi connectivity index (χ0n) is 2.53. The summed E-state index contributed by atoms with van der Waals surface area (Å²) in [5.41, 5.74) is 0. The Labute approximate surface area is 47.6 Å². The van der Waals surface area contributed by atoms with Crippen molar-refractivity contribution in [1.82, 2.24) is 6.15 Å². The van der Waals surface area contributed by atoms with Gasteiger partial charge in [0.05, 0.1) is 0 Å². The molecule has 0 aromatic heterocycles. The maximum atomic E-state index is 8.38. The fourth-order valence-electron chi connectivity index (χ4n) is 0. The minimum atomic E-state index is 0. The molecule has 0 heterocycles. The van der Waals surface area contributed by atoms with Gasteiger partial charge in [0.1, 0.15) is 0 Å². The Hall–Kier alpha value is 1.01. The third kappa shape index (κ3) is 11.9. The summed E-state index contributed by atoms with van der Waals surface area (Å²) in [6.45, 7) is 0. The van der Waals surface area contributed by atoms with Crippen molar-refractivity contribution in [2.24, 2.45) is 0 Å². The molecule has 0 aromatic rings. The molecule has 0 spiro atoms. The quantitative estimate of drug-likeness (QED) is 0.513. The van der Waals surface area contributed by atoms with Crippen molar-refractivity contribution >= 4 is 0 Å². The molecule has 0 amide bonds. The van der Waals surface area contributed by atoms with Gasteiger partial charge in [0, 0.05) is 19.5 Å². The van der Waals surface area contributed by atoms with E-state index in [-0.39, 0.29) is 43.9 Å². The third-order valence-corrected chi connectivity index (χ3v) is 0. The molecule has 4 heteroatoms. The number of hydrogen-bond acceptors (Lipinski definition) is 2. The van der Waals surface area contributed by atoms with Gasteiger partial charge in [0.15, 0.2) is 0 Å². The van der Waals surface area contributed by atoms with E-state index in [1.54, 1.807) is 0 Å². The Bertz CT molecular complexity index is 6.00. The van der Waals surface area contributed by atoms with Gasteiger partial charge in [-0.1, -0.05) is 0 Å². The molecule has 3 N–H and O–H groups in total. The van der Waals surface area contributed by atoms with Crippen molar-refractivity contribution in [3.8, 4) is 0 Å². The number of rotatable bonds is 0. The van der Waals surface area contributed by atoms with E-state index in [2.05, 4.69) is 0 Å². The summed E-state index contributed by atoms with van der Waals surface area (Å²) < 4.78 is 8.38. The van der Waals surface area contributed by atoms with E-state index in [4.69, 9.17) is 3.57 Å². The van der Waals surface area contributed by atoms with E-state index in [9.17, 15) is 0 Å². The third-order valence-electron chi connectivity index (χ3n) is 0. The maximum Gasteiger partial charge on any atom is 0 e. The molecule has 0 fully saturated rings. The van der Waals surface area contributed by atoms with Gasteiger partial charge in [-0.25, -0.2) is 0 Å². The second-order valence-corrected chi connectivity index (χ2v) is 0. The van der Waals surface area contributed by atoms with Gasteiger partial charge in [-0.05, 0) is 0 Å². The van der Waals surface area contributed by atoms with Crippen LogP contribution in [0.1, 0.15) is 0 Å². The summed E-state index contributed by atoms with van der Waals surface area (Å²) in [5.74, 6) is 0. The fourth-order valence-corrected chi connectivity index (χ4v) is 0. The Morgan fingerprint density at radius 1 is 1.25 bits per heavy atom. The Morgan fingerprint density at radius 2 is 1.25 bits per heavy atom. The van der Waals surface area contributed by atoms with Crippen LogP contribution >= 0.6 is 0 Å². The van der Waals surface area contributed by atoms with Gasteiger partial charge in [0.2, 0.25) is 0 Å². The predicted molar refractivity (Wildman–Crippen MR) is 5.71 cm³/mol. The van der Waals surface area contributed by atoms with Crippen LogP contribution < -0.4 is 6.15 Å². The smallest absolute Gasteiger partial charge is 0 e. The van der Waals surface area contributed by atoms with Crippen LogP contribution in [-0.4, -0.2) is 0 Å². The van der Waals surface area contributed by atoms with Gasteiger partial charge in [-0.3, -0.25) is 0 Å². The van der Waals surface area contributed by atoms with Crippen molar-refractivity contribution in [3.05, 3.63) is 0 Å². The van der Waals surface area contributed by atoms with E-state index in [0.29, 0.717) is 0 Å². The molecule has 0 atom stereocenters. The first-order valence-corrected chi connectivity index (χ1v) is 1.50. The minimum absolute atomic E-state index is 0. The van der Waals surface area contributed by atoms with Crippen LogP contribution in [0.25, 0.3) is 0 Å². The summed E-state index contributed by atoms with van der Waals surface area (Å²) in [4.78, 5) is 0. The van der Waals surface area contributed by atoms with E-state index in [1.165, 1.54) is 0 Å². The molecule has 0 rings (SSSR count). The molecule has 0 aliphatic carbocycles. The molecule has 0 aliphatic rings. The molecule has 18 valence electrons. The minimum Gasteiger partial charge on any atom is 0 e. The van der Waals surface area contributed by atoms with Crippen LogP contribution in [0.3, 0.4) is 0 Å². The van der Waals surface area contributed by atoms with Crippen LogP contribution in [0.5, 0.6) is 0 Å². The standard InChI is InChI=1S/H3N.O.2Zn/h1H3;;;. The molecule has 0 saturated carbocycles. The average molecular weight is 164 g/mol. The van der Waals surface area contributed by atoms with Gasteiger partial charge < -0.3 is 6.15 Å². The van der Waals surface area contributed by atoms with E-state index < -0.39 is 0 Å². The fraction of sp³-hybridized carbons (Fsp3) is 0. The number of hydrogen-bond donors (Lipinski definition) is 1. The van der Waals surface area contributed by atoms with Gasteiger partial charge in [-0.2, -0.15) is 0 Å². The molecule has 0 aliphatic heterocycles. The molecule has 0 radical (unpaired) electrons. The summed E-state index contributed by atoms with van der Waals surface area (Å²) >= 11 is 0.125. The molecule has 2 nitrogen and oxygen atoms in total. The molecule has 4 heavy (non-hydrogen) atoms. The van der Waals surface area contributed by atoms with E-state index in [1.807, 2.05) is 0 Å². The Morgan fingerprint density at radius 3 is 1.25 bits per heavy atom. The first kappa shape index (κ1) is 20.0. The maximum absolute atomic E-state index is 8.38. The van der Waals surface area contributed by atoms with Crippen molar-refractivity contribution in [2.45, 2.75) is 0 Å². The van der Waals surface area contributed by atoms with Crippen LogP contribution in [0, 0.1) is 0 Å². The largest absolute Gasteiger partial charge is 0 e. The molecule has 0 unspecified atom stereocenters. The second-order valence-electron chi connectivity index (χ2n) is 0. The first-order valence-electron chi connectivity index (χ1n) is 0.289. The van der Waals surface area contributed by atoms with Gasteiger partial charge in [-0.15, -0.1) is 0 Å². The summed E-state index contributed by atoms with van der Waals surface area (Å²) in [6.07, 6.45) is 0. The summed E-state index contributed by atoms with van der Waals surface area (Å²) in [7, 11) is 0. The van der Waals surface area contributed by atoms with Crippen molar-refractivity contribution in [1.29, 1.82) is 0 Å². The van der Waals surface area contributed by atoms with Crippen molar-refractivity contribution in [2.75, 3.05) is 0 Å². The average Bonchev–Trinajstić information content (AvgIpc) is 1.00. The monoisotopic (exact) mass is 161 g/mol. The molecule has 0 bridgehead atoms. The van der Waals surface area contributed by atoms with Gasteiger partial charge in [0.25, 0.3) is 0 Å². The second kappa shape index (κ2) is 35.7. The SMILES string of the molecule is N.[O]=[Zn].[Zn]. The normalized spacial score (nSPS) is 1.50. The van der Waals surface area contributed by atoms with Crippen molar-refractivity contribution in [3.63, 3.8) is 0 Å². The zero-order chi connectivity index (χ0) is 2.00. The molecule has 0 aromatic carbocycles. The topological polar surface area (TPSA) is 52.1 Å². The van der Waals surface area contributed by atoms with Crippen LogP contribution in [0.4, 0.5) is 0 Å². The van der Waals surface area contributed by atoms with Crippen molar-refractivity contribution < 1.29 is 41.3 Å². The molecule has 0 saturated heterocycles. The predicted octanol–water partition coefficient (Wildman–Crippen LogP) is 0.0382. The summed E-state index contributed by atoms with van der Waals surface area (Å²) in [5, 5.41) is 0. The summed E-state index contributed by atoms with van der Waals surface area (Å²) in [6, 6.07) is 0. The Kier molecular flexibility index (Phi) is 178. The van der Waals surface area contributed by atoms with Crippen LogP contribution in [-0.2, 0) is 41.3 Å². The van der Waals surface area contributed by atoms with Crippen LogP contribution in [0.2, 0.25) is 0 Å². The van der Waals surface area contributed by atoms with E-state index >= 15 is 0 Å². The molecular formula is H3NOZn2. The first-order chi connectivity index (χ1) is 1.00.